The summed E-state index contributed by atoms with van der Waals surface area (Å²) in [4.78, 5) is 13.3. The average Bonchev–Trinajstić information content (AvgIpc) is 2.71. The summed E-state index contributed by atoms with van der Waals surface area (Å²) >= 11 is 0. The Hall–Kier alpha value is -2.59. The Balaban J connectivity index is 2.10. The number of carboxylic acid groups (broad SMARTS) is 1. The van der Waals surface area contributed by atoms with Crippen molar-refractivity contribution < 1.29 is 14.6 Å². The number of fused-ring (bicyclic) bond motifs is 2. The molecule has 4 heteroatoms. The van der Waals surface area contributed by atoms with Gasteiger partial charge in [0, 0.05) is 12.1 Å². The van der Waals surface area contributed by atoms with Gasteiger partial charge in [-0.25, -0.2) is 0 Å². The van der Waals surface area contributed by atoms with Gasteiger partial charge in [-0.05, 0) is 61.8 Å². The third-order valence-electron chi connectivity index (χ3n) is 4.55. The molecular weight excluding hydrogens is 326 g/mol. The first-order valence-corrected chi connectivity index (χ1v) is 8.86. The topological polar surface area (TPSA) is 49.8 Å². The fourth-order valence-electron chi connectivity index (χ4n) is 3.29. The maximum atomic E-state index is 11.1. The Morgan fingerprint density at radius 2 is 2.00 bits per heavy atom. The summed E-state index contributed by atoms with van der Waals surface area (Å²) in [6.07, 6.45) is 3.17. The van der Waals surface area contributed by atoms with Crippen LogP contribution in [0.2, 0.25) is 0 Å². The van der Waals surface area contributed by atoms with Gasteiger partial charge < -0.3 is 14.7 Å². The minimum atomic E-state index is -0.825. The molecule has 0 spiro atoms. The van der Waals surface area contributed by atoms with Gasteiger partial charge in [0.25, 0.3) is 0 Å². The maximum Gasteiger partial charge on any atom is 0.307 e. The van der Waals surface area contributed by atoms with E-state index in [2.05, 4.69) is 50.2 Å². The van der Waals surface area contributed by atoms with Crippen LogP contribution in [-0.4, -0.2) is 36.6 Å². The van der Waals surface area contributed by atoms with Gasteiger partial charge in [-0.3, -0.25) is 4.79 Å². The molecule has 0 aromatic heterocycles. The number of aliphatic carboxylic acids is 1. The third kappa shape index (κ3) is 4.14. The average molecular weight is 351 g/mol. The molecule has 0 saturated carbocycles. The summed E-state index contributed by atoms with van der Waals surface area (Å²) in [7, 11) is 4.12. The van der Waals surface area contributed by atoms with Crippen molar-refractivity contribution in [2.24, 2.45) is 0 Å². The van der Waals surface area contributed by atoms with Gasteiger partial charge in [0.1, 0.15) is 12.4 Å². The van der Waals surface area contributed by atoms with E-state index >= 15 is 0 Å². The minimum absolute atomic E-state index is 0.0129. The van der Waals surface area contributed by atoms with Crippen LogP contribution in [0, 0.1) is 6.92 Å². The lowest BCUT2D eigenvalue weighted by Crippen LogP contribution is -2.12. The van der Waals surface area contributed by atoms with Crippen molar-refractivity contribution in [2.45, 2.75) is 26.4 Å². The number of carbonyl (C=O) groups is 1. The zero-order valence-corrected chi connectivity index (χ0v) is 15.6. The summed E-state index contributed by atoms with van der Waals surface area (Å²) in [5, 5.41) is 9.13. The number of carboxylic acids is 1. The number of hydrogen-bond acceptors (Lipinski definition) is 3. The standard InChI is InChI=1S/C22H25NO3/c1-15-6-8-18-17(11-15)14-26-21-9-7-16(13-22(24)25)12-20(21)19(18)5-4-10-23(2)3/h5-9,11-12H,4,10,13-14H2,1-3H3,(H,24,25)/b19-5-. The summed E-state index contributed by atoms with van der Waals surface area (Å²) in [5.41, 5.74) is 6.43. The summed E-state index contributed by atoms with van der Waals surface area (Å²) in [6.45, 7) is 3.56. The SMILES string of the molecule is Cc1ccc2c(c1)COc1ccc(CC(=O)O)cc1/C2=C\CCN(C)C. The predicted octanol–water partition coefficient (Wildman–Crippen LogP) is 3.90. The molecule has 2 aromatic rings. The number of aryl methyl sites for hydroxylation is 1. The van der Waals surface area contributed by atoms with E-state index in [9.17, 15) is 4.79 Å². The van der Waals surface area contributed by atoms with Crippen LogP contribution in [0.25, 0.3) is 5.57 Å². The molecule has 0 radical (unpaired) electrons. The highest BCUT2D eigenvalue weighted by Crippen LogP contribution is 2.38. The van der Waals surface area contributed by atoms with Crippen molar-refractivity contribution in [1.29, 1.82) is 0 Å². The zero-order valence-electron chi connectivity index (χ0n) is 15.6. The molecular formula is C22H25NO3. The van der Waals surface area contributed by atoms with Crippen LogP contribution in [0.1, 0.15) is 34.2 Å². The van der Waals surface area contributed by atoms with Gasteiger partial charge in [0.2, 0.25) is 0 Å². The van der Waals surface area contributed by atoms with Crippen LogP contribution >= 0.6 is 0 Å². The molecule has 0 fully saturated rings. The van der Waals surface area contributed by atoms with Crippen LogP contribution in [0.5, 0.6) is 5.75 Å². The second-order valence-corrected chi connectivity index (χ2v) is 7.06. The molecule has 0 unspecified atom stereocenters. The Morgan fingerprint density at radius 1 is 1.19 bits per heavy atom. The fraction of sp³-hybridized carbons (Fsp3) is 0.318. The van der Waals surface area contributed by atoms with Gasteiger partial charge in [0.05, 0.1) is 6.42 Å². The van der Waals surface area contributed by atoms with Crippen molar-refractivity contribution in [3.63, 3.8) is 0 Å². The van der Waals surface area contributed by atoms with Gasteiger partial charge in [-0.15, -0.1) is 0 Å². The van der Waals surface area contributed by atoms with Crippen molar-refractivity contribution >= 4 is 11.5 Å². The quantitative estimate of drug-likeness (QED) is 0.888. The molecule has 3 rings (SSSR count). The van der Waals surface area contributed by atoms with Gasteiger partial charge >= 0.3 is 5.97 Å². The van der Waals surface area contributed by atoms with Crippen LogP contribution < -0.4 is 4.74 Å². The first kappa shape index (κ1) is 18.2. The smallest absolute Gasteiger partial charge is 0.307 e. The first-order valence-electron chi connectivity index (χ1n) is 8.86. The van der Waals surface area contributed by atoms with E-state index in [1.165, 1.54) is 11.1 Å². The van der Waals surface area contributed by atoms with Crippen molar-refractivity contribution in [3.8, 4) is 5.75 Å². The van der Waals surface area contributed by atoms with E-state index in [4.69, 9.17) is 9.84 Å². The van der Waals surface area contributed by atoms with E-state index in [0.717, 1.165) is 41.0 Å². The summed E-state index contributed by atoms with van der Waals surface area (Å²) in [6, 6.07) is 12.1. The molecule has 0 atom stereocenters. The van der Waals surface area contributed by atoms with E-state index in [0.29, 0.717) is 6.61 Å². The normalized spacial score (nSPS) is 14.5. The maximum absolute atomic E-state index is 11.1. The third-order valence-corrected chi connectivity index (χ3v) is 4.55. The molecule has 0 aliphatic carbocycles. The van der Waals surface area contributed by atoms with Crippen LogP contribution in [0.15, 0.2) is 42.5 Å². The van der Waals surface area contributed by atoms with Gasteiger partial charge in [-0.1, -0.05) is 35.9 Å². The molecule has 1 aliphatic heterocycles. The second-order valence-electron chi connectivity index (χ2n) is 7.06. The number of benzene rings is 2. The summed E-state index contributed by atoms with van der Waals surface area (Å²) in [5.74, 6) is -0.0160. The van der Waals surface area contributed by atoms with Crippen molar-refractivity contribution in [2.75, 3.05) is 20.6 Å². The molecule has 1 aliphatic rings. The van der Waals surface area contributed by atoms with Gasteiger partial charge in [0.15, 0.2) is 0 Å². The highest BCUT2D eigenvalue weighted by atomic mass is 16.5. The molecule has 0 saturated heterocycles. The molecule has 0 amide bonds. The van der Waals surface area contributed by atoms with E-state index in [1.807, 2.05) is 18.2 Å². The molecule has 136 valence electrons. The van der Waals surface area contributed by atoms with Crippen molar-refractivity contribution in [3.05, 3.63) is 70.3 Å². The largest absolute Gasteiger partial charge is 0.488 e. The molecule has 4 nitrogen and oxygen atoms in total. The molecule has 1 heterocycles. The Labute approximate surface area is 154 Å². The Kier molecular flexibility index (Phi) is 5.43. The minimum Gasteiger partial charge on any atom is -0.488 e. The van der Waals surface area contributed by atoms with Crippen molar-refractivity contribution in [1.82, 2.24) is 4.90 Å². The van der Waals surface area contributed by atoms with Crippen LogP contribution in [-0.2, 0) is 17.8 Å². The van der Waals surface area contributed by atoms with Crippen LogP contribution in [0.4, 0.5) is 0 Å². The van der Waals surface area contributed by atoms with E-state index in [-0.39, 0.29) is 6.42 Å². The molecule has 0 bridgehead atoms. The number of rotatable bonds is 5. The van der Waals surface area contributed by atoms with Crippen LogP contribution in [0.3, 0.4) is 0 Å². The first-order chi connectivity index (χ1) is 12.4. The number of nitrogens with zero attached hydrogens (tertiary/aromatic N) is 1. The molecule has 1 N–H and O–H groups in total. The highest BCUT2D eigenvalue weighted by Gasteiger charge is 2.20. The predicted molar refractivity (Wildman–Crippen MR) is 104 cm³/mol. The molecule has 26 heavy (non-hydrogen) atoms. The van der Waals surface area contributed by atoms with Gasteiger partial charge in [-0.2, -0.15) is 0 Å². The lowest BCUT2D eigenvalue weighted by molar-refractivity contribution is -0.136. The Morgan fingerprint density at radius 3 is 2.73 bits per heavy atom. The molecule has 2 aromatic carbocycles. The van der Waals surface area contributed by atoms with E-state index < -0.39 is 5.97 Å². The van der Waals surface area contributed by atoms with E-state index in [1.54, 1.807) is 0 Å². The fourth-order valence-corrected chi connectivity index (χ4v) is 3.29. The zero-order chi connectivity index (χ0) is 18.7. The highest BCUT2D eigenvalue weighted by molar-refractivity contribution is 5.85. The lowest BCUT2D eigenvalue weighted by atomic mass is 9.91. The number of hydrogen-bond donors (Lipinski definition) is 1. The summed E-state index contributed by atoms with van der Waals surface area (Å²) < 4.78 is 6.05. The lowest BCUT2D eigenvalue weighted by Gasteiger charge is -2.13. The number of ether oxygens (including phenoxy) is 1. The monoisotopic (exact) mass is 351 g/mol. The second kappa shape index (κ2) is 7.75. The Bertz CT molecular complexity index is 852.